The van der Waals surface area contributed by atoms with E-state index >= 15 is 0 Å². The fourth-order valence-electron chi connectivity index (χ4n) is 4.97. The first-order valence-corrected chi connectivity index (χ1v) is 9.29. The van der Waals surface area contributed by atoms with E-state index < -0.39 is 0 Å². The molecule has 22 heavy (non-hydrogen) atoms. The molecule has 5 atom stereocenters. The molecule has 4 rings (SSSR count). The van der Waals surface area contributed by atoms with Crippen LogP contribution in [0.15, 0.2) is 36.4 Å². The van der Waals surface area contributed by atoms with E-state index in [1.807, 2.05) is 0 Å². The number of benzene rings is 1. The molecular weight excluding hydrogens is 266 g/mol. The Bertz CT molecular complexity index is 525. The zero-order valence-corrected chi connectivity index (χ0v) is 13.8. The van der Waals surface area contributed by atoms with Crippen molar-refractivity contribution in [3.63, 3.8) is 0 Å². The van der Waals surface area contributed by atoms with Gasteiger partial charge in [-0.25, -0.2) is 0 Å². The molecule has 1 aliphatic heterocycles. The lowest BCUT2D eigenvalue weighted by atomic mass is 9.64. The Kier molecular flexibility index (Phi) is 4.09. The normalized spacial score (nSPS) is 38.0. The molecule has 2 aliphatic carbocycles. The molecule has 118 valence electrons. The highest BCUT2D eigenvalue weighted by Crippen LogP contribution is 2.47. The van der Waals surface area contributed by atoms with Crippen molar-refractivity contribution in [2.45, 2.75) is 57.4 Å². The predicted molar refractivity (Wildman–Crippen MR) is 92.9 cm³/mol. The van der Waals surface area contributed by atoms with Crippen LogP contribution in [-0.4, -0.2) is 6.54 Å². The lowest BCUT2D eigenvalue weighted by Gasteiger charge is -2.41. The molecule has 0 bridgehead atoms. The topological polar surface area (TPSA) is 21.9 Å². The molecule has 0 spiro atoms. The van der Waals surface area contributed by atoms with Gasteiger partial charge in [0.25, 0.3) is 0 Å². The molecule has 1 nitrogen and oxygen atoms in total. The summed E-state index contributed by atoms with van der Waals surface area (Å²) in [5.74, 6) is 3.68. The van der Waals surface area contributed by atoms with Crippen molar-refractivity contribution in [2.75, 3.05) is 6.54 Å². The molecule has 1 N–H and O–H groups in total. The van der Waals surface area contributed by atoms with Crippen molar-refractivity contribution in [1.82, 2.24) is 5.32 Å². The molecule has 1 aromatic rings. The van der Waals surface area contributed by atoms with Crippen LogP contribution in [-0.2, 0) is 0 Å². The first-order valence-electron chi connectivity index (χ1n) is 9.29. The van der Waals surface area contributed by atoms with Crippen molar-refractivity contribution in [2.24, 2.45) is 17.8 Å². The molecule has 3 fully saturated rings. The number of hydrogen-bond donors (Lipinski definition) is 1. The second-order valence-electron chi connectivity index (χ2n) is 7.76. The van der Waals surface area contributed by atoms with Crippen LogP contribution in [0.5, 0.6) is 0 Å². The monoisotopic (exact) mass is 295 g/mol. The van der Waals surface area contributed by atoms with Gasteiger partial charge in [0.05, 0.1) is 0 Å². The van der Waals surface area contributed by atoms with E-state index in [4.69, 9.17) is 0 Å². The number of fused-ring (bicyclic) bond motifs is 1. The second kappa shape index (κ2) is 6.20. The van der Waals surface area contributed by atoms with Crippen LogP contribution >= 0.6 is 0 Å². The summed E-state index contributed by atoms with van der Waals surface area (Å²) in [6, 6.07) is 10.2. The van der Waals surface area contributed by atoms with Gasteiger partial charge in [0, 0.05) is 12.6 Å². The Labute approximate surface area is 135 Å². The summed E-state index contributed by atoms with van der Waals surface area (Å²) in [5.41, 5.74) is 3.07. The van der Waals surface area contributed by atoms with Gasteiger partial charge < -0.3 is 5.32 Å². The Morgan fingerprint density at radius 3 is 2.32 bits per heavy atom. The van der Waals surface area contributed by atoms with Gasteiger partial charge in [0.1, 0.15) is 0 Å². The minimum absolute atomic E-state index is 0.645. The zero-order chi connectivity index (χ0) is 14.9. The highest BCUT2D eigenvalue weighted by atomic mass is 15.1. The summed E-state index contributed by atoms with van der Waals surface area (Å²) in [7, 11) is 0. The fourth-order valence-corrected chi connectivity index (χ4v) is 4.97. The van der Waals surface area contributed by atoms with Gasteiger partial charge in [-0.2, -0.15) is 0 Å². The zero-order valence-electron chi connectivity index (χ0n) is 13.8. The maximum atomic E-state index is 3.40. The molecule has 1 aromatic carbocycles. The fraction of sp³-hybridized carbons (Fsp3) is 0.619. The third-order valence-corrected chi connectivity index (χ3v) is 6.34. The van der Waals surface area contributed by atoms with E-state index in [0.29, 0.717) is 6.04 Å². The van der Waals surface area contributed by atoms with Gasteiger partial charge in [-0.1, -0.05) is 36.4 Å². The number of allylic oxidation sites excluding steroid dienone is 2. The standard InChI is InChI=1S/C21H29N/c1-2-3-15-4-5-20-13-19(11-10-18(20)12-15)16-6-8-17(9-7-16)21-14-22-21/h2-3,6-9,15,18-22H,4-5,10-14H2,1H3/b3-2+/t15?,18?,19?,20?,21-/m0/s1. The van der Waals surface area contributed by atoms with Gasteiger partial charge in [0.15, 0.2) is 0 Å². The lowest BCUT2D eigenvalue weighted by molar-refractivity contribution is 0.133. The minimum atomic E-state index is 0.645. The van der Waals surface area contributed by atoms with Crippen molar-refractivity contribution in [3.05, 3.63) is 47.5 Å². The first-order chi connectivity index (χ1) is 10.8. The van der Waals surface area contributed by atoms with Gasteiger partial charge in [-0.3, -0.25) is 0 Å². The van der Waals surface area contributed by atoms with Gasteiger partial charge in [-0.15, -0.1) is 0 Å². The van der Waals surface area contributed by atoms with Crippen LogP contribution < -0.4 is 5.32 Å². The van der Waals surface area contributed by atoms with E-state index in [1.165, 1.54) is 50.6 Å². The lowest BCUT2D eigenvalue weighted by Crippen LogP contribution is -2.30. The Morgan fingerprint density at radius 1 is 0.909 bits per heavy atom. The largest absolute Gasteiger partial charge is 0.307 e. The smallest absolute Gasteiger partial charge is 0.0447 e. The van der Waals surface area contributed by atoms with E-state index in [2.05, 4.69) is 48.7 Å². The molecule has 1 heterocycles. The molecule has 1 saturated heterocycles. The number of nitrogens with one attached hydrogen (secondary N) is 1. The highest BCUT2D eigenvalue weighted by Gasteiger charge is 2.35. The molecule has 0 aromatic heterocycles. The Morgan fingerprint density at radius 2 is 1.59 bits per heavy atom. The van der Waals surface area contributed by atoms with Gasteiger partial charge >= 0.3 is 0 Å². The van der Waals surface area contributed by atoms with Crippen molar-refractivity contribution < 1.29 is 0 Å². The van der Waals surface area contributed by atoms with Crippen molar-refractivity contribution in [3.8, 4) is 0 Å². The molecule has 3 aliphatic rings. The Hall–Kier alpha value is -1.08. The minimum Gasteiger partial charge on any atom is -0.307 e. The summed E-state index contributed by atoms with van der Waals surface area (Å²) < 4.78 is 0. The number of hydrogen-bond acceptors (Lipinski definition) is 1. The molecule has 4 unspecified atom stereocenters. The van der Waals surface area contributed by atoms with Crippen LogP contribution in [0.1, 0.15) is 68.5 Å². The maximum Gasteiger partial charge on any atom is 0.0447 e. The summed E-state index contributed by atoms with van der Waals surface area (Å²) in [5, 5.41) is 3.40. The average Bonchev–Trinajstić information content (AvgIpc) is 3.40. The maximum absolute atomic E-state index is 3.40. The van der Waals surface area contributed by atoms with E-state index in [9.17, 15) is 0 Å². The number of rotatable bonds is 3. The Balaban J connectivity index is 1.39. The van der Waals surface area contributed by atoms with Crippen LogP contribution in [0, 0.1) is 17.8 Å². The van der Waals surface area contributed by atoms with Crippen LogP contribution in [0.3, 0.4) is 0 Å². The van der Waals surface area contributed by atoms with Crippen LogP contribution in [0.25, 0.3) is 0 Å². The molecular formula is C21H29N. The third kappa shape index (κ3) is 3.01. The van der Waals surface area contributed by atoms with Crippen molar-refractivity contribution >= 4 is 0 Å². The molecule has 2 saturated carbocycles. The van der Waals surface area contributed by atoms with E-state index in [0.717, 1.165) is 23.7 Å². The summed E-state index contributed by atoms with van der Waals surface area (Å²) in [6.07, 6.45) is 13.3. The first kappa shape index (κ1) is 14.5. The van der Waals surface area contributed by atoms with E-state index in [1.54, 1.807) is 5.56 Å². The van der Waals surface area contributed by atoms with Crippen LogP contribution in [0.4, 0.5) is 0 Å². The molecule has 1 heteroatoms. The average molecular weight is 295 g/mol. The quantitative estimate of drug-likeness (QED) is 0.600. The second-order valence-corrected chi connectivity index (χ2v) is 7.76. The van der Waals surface area contributed by atoms with Gasteiger partial charge in [-0.05, 0) is 80.2 Å². The summed E-state index contributed by atoms with van der Waals surface area (Å²) >= 11 is 0. The van der Waals surface area contributed by atoms with Crippen LogP contribution in [0.2, 0.25) is 0 Å². The molecule has 0 amide bonds. The predicted octanol–water partition coefficient (Wildman–Crippen LogP) is 5.21. The van der Waals surface area contributed by atoms with Crippen molar-refractivity contribution in [1.29, 1.82) is 0 Å². The third-order valence-electron chi connectivity index (χ3n) is 6.34. The summed E-state index contributed by atoms with van der Waals surface area (Å²) in [6.45, 7) is 3.34. The summed E-state index contributed by atoms with van der Waals surface area (Å²) in [4.78, 5) is 0. The van der Waals surface area contributed by atoms with Gasteiger partial charge in [0.2, 0.25) is 0 Å². The SMILES string of the molecule is C/C=C/C1CCC2CC(c3ccc([C@@H]4CN4)cc3)CCC2C1. The van der Waals surface area contributed by atoms with E-state index in [-0.39, 0.29) is 0 Å². The highest BCUT2D eigenvalue weighted by molar-refractivity contribution is 5.30. The molecule has 0 radical (unpaired) electrons.